The standard InChI is InChI=1S/C57H94O12S/c1-3-5-7-9-11-13-15-17-19-21-23-25-27-29-31-33-35-37-39-41-43-45-52(58)66-47-50(48-67-57-56(62)55(61)54(60)51(69-57)49-70(63,64)65)68-53(59)46-44-42-40-38-36-34-32-30-28-26-24-22-20-18-16-14-12-10-8-6-4-2/h19-22,25-28,31-34,37-40,50-51,54-57,60-62H,3-18,23-24,29-30,35-36,41-49H2,1-2H3,(H,63,64,65)/b21-19+,22-20+,27-25+,28-26+,33-31+,34-32+,39-37+,40-38+/t50-,51-,54-,55?,56?,57+/m1/s1. The molecule has 0 bridgehead atoms. The lowest BCUT2D eigenvalue weighted by molar-refractivity contribution is -0.297. The largest absolute Gasteiger partial charge is 0.462 e. The summed E-state index contributed by atoms with van der Waals surface area (Å²) in [7, 11) is -4.63. The Balaban J connectivity index is 2.46. The highest BCUT2D eigenvalue weighted by Crippen LogP contribution is 2.24. The Morgan fingerprint density at radius 1 is 0.486 bits per heavy atom. The van der Waals surface area contributed by atoms with Gasteiger partial charge in [-0.15, -0.1) is 0 Å². The van der Waals surface area contributed by atoms with Gasteiger partial charge in [0.1, 0.15) is 36.8 Å². The van der Waals surface area contributed by atoms with Gasteiger partial charge < -0.3 is 34.3 Å². The third-order valence-corrected chi connectivity index (χ3v) is 12.4. The molecule has 1 fully saturated rings. The molecule has 6 atom stereocenters. The van der Waals surface area contributed by atoms with Crippen LogP contribution in [0.15, 0.2) is 97.2 Å². The molecule has 1 aliphatic heterocycles. The van der Waals surface area contributed by atoms with E-state index in [0.717, 1.165) is 51.4 Å². The SMILES string of the molecule is CCCCCCCCC/C=C/C/C=C/C/C=C/C/C=C/CCCC(=O)OC[C@H](CO[C@H]1O[C@H](CS(=O)(=O)O)[C@@H](O)C(O)C1O)OC(=O)CCC/C=C/C/C=C/C/C=C/C/C=C/CCCCCCCCC. The quantitative estimate of drug-likeness (QED) is 0.0196. The van der Waals surface area contributed by atoms with E-state index in [-0.39, 0.29) is 19.4 Å². The molecule has 1 rings (SSSR count). The fourth-order valence-electron chi connectivity index (χ4n) is 7.49. The molecule has 0 aliphatic carbocycles. The molecule has 0 spiro atoms. The van der Waals surface area contributed by atoms with E-state index < -0.39 is 71.2 Å². The van der Waals surface area contributed by atoms with Gasteiger partial charge in [0, 0.05) is 12.8 Å². The van der Waals surface area contributed by atoms with Crippen molar-refractivity contribution in [3.8, 4) is 0 Å². The average Bonchev–Trinajstić information content (AvgIpc) is 3.33. The molecule has 0 aromatic rings. The number of esters is 2. The van der Waals surface area contributed by atoms with E-state index in [0.29, 0.717) is 25.7 Å². The van der Waals surface area contributed by atoms with E-state index >= 15 is 0 Å². The molecule has 2 unspecified atom stereocenters. The van der Waals surface area contributed by atoms with Crippen LogP contribution in [0.25, 0.3) is 0 Å². The normalized spacial score (nSPS) is 19.8. The Kier molecular flexibility index (Phi) is 41.9. The van der Waals surface area contributed by atoms with E-state index in [2.05, 4.69) is 86.8 Å². The Morgan fingerprint density at radius 2 is 0.857 bits per heavy atom. The summed E-state index contributed by atoms with van der Waals surface area (Å²) in [5.41, 5.74) is 0. The van der Waals surface area contributed by atoms with E-state index in [1.165, 1.54) is 89.9 Å². The van der Waals surface area contributed by atoms with Gasteiger partial charge >= 0.3 is 11.9 Å². The molecular formula is C57H94O12S. The molecular weight excluding hydrogens is 909 g/mol. The second-order valence-corrected chi connectivity index (χ2v) is 19.7. The van der Waals surface area contributed by atoms with Crippen molar-refractivity contribution >= 4 is 22.1 Å². The second-order valence-electron chi connectivity index (χ2n) is 18.2. The predicted octanol–water partition coefficient (Wildman–Crippen LogP) is 12.6. The third kappa shape index (κ3) is 39.2. The minimum Gasteiger partial charge on any atom is -0.462 e. The predicted molar refractivity (Wildman–Crippen MR) is 284 cm³/mol. The first-order valence-electron chi connectivity index (χ1n) is 26.8. The smallest absolute Gasteiger partial charge is 0.306 e. The highest BCUT2D eigenvalue weighted by atomic mass is 32.2. The molecule has 0 saturated carbocycles. The average molecular weight is 1000 g/mol. The van der Waals surface area contributed by atoms with Crippen LogP contribution in [-0.4, -0.2) is 96.0 Å². The number of allylic oxidation sites excluding steroid dienone is 16. The molecule has 12 nitrogen and oxygen atoms in total. The summed E-state index contributed by atoms with van der Waals surface area (Å²) in [5, 5.41) is 31.0. The van der Waals surface area contributed by atoms with Gasteiger partial charge in [-0.25, -0.2) is 0 Å². The van der Waals surface area contributed by atoms with Crippen molar-refractivity contribution in [3.05, 3.63) is 97.2 Å². The number of aliphatic hydroxyl groups excluding tert-OH is 3. The molecule has 0 aromatic heterocycles. The minimum atomic E-state index is -4.63. The van der Waals surface area contributed by atoms with Crippen molar-refractivity contribution in [1.29, 1.82) is 0 Å². The Bertz CT molecular complexity index is 1650. The third-order valence-electron chi connectivity index (χ3n) is 11.6. The van der Waals surface area contributed by atoms with Gasteiger partial charge in [-0.05, 0) is 89.9 Å². The summed E-state index contributed by atoms with van der Waals surface area (Å²) in [6.45, 7) is 3.67. The van der Waals surface area contributed by atoms with Crippen molar-refractivity contribution in [2.24, 2.45) is 0 Å². The van der Waals surface area contributed by atoms with Crippen molar-refractivity contribution in [2.45, 2.75) is 230 Å². The molecule has 0 amide bonds. The number of hydrogen-bond donors (Lipinski definition) is 4. The molecule has 0 aromatic carbocycles. The van der Waals surface area contributed by atoms with Crippen molar-refractivity contribution < 1.29 is 56.8 Å². The molecule has 0 radical (unpaired) electrons. The number of carbonyl (C=O) groups excluding carboxylic acids is 2. The van der Waals surface area contributed by atoms with E-state index in [9.17, 15) is 37.9 Å². The van der Waals surface area contributed by atoms with Crippen LogP contribution in [-0.2, 0) is 38.7 Å². The van der Waals surface area contributed by atoms with E-state index in [1.54, 1.807) is 0 Å². The molecule has 13 heteroatoms. The number of aliphatic hydroxyl groups is 3. The monoisotopic (exact) mass is 1000 g/mol. The molecule has 4 N–H and O–H groups in total. The van der Waals surface area contributed by atoms with E-state index in [1.807, 2.05) is 24.3 Å². The number of carbonyl (C=O) groups is 2. The summed E-state index contributed by atoms with van der Waals surface area (Å²) < 4.78 is 54.2. The number of ether oxygens (including phenoxy) is 4. The Labute approximate surface area is 423 Å². The van der Waals surface area contributed by atoms with Crippen molar-refractivity contribution in [3.63, 3.8) is 0 Å². The highest BCUT2D eigenvalue weighted by Gasteiger charge is 2.46. The van der Waals surface area contributed by atoms with Gasteiger partial charge in [-0.1, -0.05) is 188 Å². The zero-order valence-corrected chi connectivity index (χ0v) is 43.9. The number of unbranched alkanes of at least 4 members (excludes halogenated alkanes) is 16. The molecule has 1 aliphatic rings. The van der Waals surface area contributed by atoms with Gasteiger partial charge in [-0.2, -0.15) is 8.42 Å². The number of hydrogen-bond acceptors (Lipinski definition) is 11. The zero-order valence-electron chi connectivity index (χ0n) is 43.1. The van der Waals surface area contributed by atoms with Crippen LogP contribution >= 0.6 is 0 Å². The van der Waals surface area contributed by atoms with Crippen LogP contribution < -0.4 is 0 Å². The lowest BCUT2D eigenvalue weighted by Crippen LogP contribution is -2.60. The van der Waals surface area contributed by atoms with Gasteiger partial charge in [-0.3, -0.25) is 14.1 Å². The topological polar surface area (TPSA) is 186 Å². The summed E-state index contributed by atoms with van der Waals surface area (Å²) in [6, 6.07) is 0. The Morgan fingerprint density at radius 3 is 1.27 bits per heavy atom. The minimum absolute atomic E-state index is 0.0715. The van der Waals surface area contributed by atoms with E-state index in [4.69, 9.17) is 18.9 Å². The van der Waals surface area contributed by atoms with Crippen LogP contribution in [0.3, 0.4) is 0 Å². The van der Waals surface area contributed by atoms with Crippen LogP contribution in [0.4, 0.5) is 0 Å². The maximum Gasteiger partial charge on any atom is 0.306 e. The maximum absolute atomic E-state index is 12.9. The first-order chi connectivity index (χ1) is 34.0. The lowest BCUT2D eigenvalue weighted by Gasteiger charge is -2.40. The molecule has 1 saturated heterocycles. The van der Waals surface area contributed by atoms with Crippen LogP contribution in [0, 0.1) is 0 Å². The fraction of sp³-hybridized carbons (Fsp3) is 0.684. The lowest BCUT2D eigenvalue weighted by atomic mass is 10.00. The summed E-state index contributed by atoms with van der Waals surface area (Å²) in [5.74, 6) is -2.14. The van der Waals surface area contributed by atoms with Crippen molar-refractivity contribution in [1.82, 2.24) is 0 Å². The number of rotatable bonds is 44. The van der Waals surface area contributed by atoms with Gasteiger partial charge in [0.2, 0.25) is 0 Å². The van der Waals surface area contributed by atoms with Crippen LogP contribution in [0.5, 0.6) is 0 Å². The highest BCUT2D eigenvalue weighted by molar-refractivity contribution is 7.85. The Hall–Kier alpha value is -3.43. The maximum atomic E-state index is 12.9. The first kappa shape index (κ1) is 64.6. The fourth-order valence-corrected chi connectivity index (χ4v) is 8.18. The van der Waals surface area contributed by atoms with Gasteiger partial charge in [0.15, 0.2) is 12.4 Å². The van der Waals surface area contributed by atoms with Gasteiger partial charge in [0.25, 0.3) is 10.1 Å². The first-order valence-corrected chi connectivity index (χ1v) is 28.4. The molecule has 1 heterocycles. The molecule has 70 heavy (non-hydrogen) atoms. The van der Waals surface area contributed by atoms with Crippen molar-refractivity contribution in [2.75, 3.05) is 19.0 Å². The second kappa shape index (κ2) is 45.4. The summed E-state index contributed by atoms with van der Waals surface area (Å²) in [4.78, 5) is 25.5. The zero-order chi connectivity index (χ0) is 51.2. The van der Waals surface area contributed by atoms with Crippen LogP contribution in [0.2, 0.25) is 0 Å². The summed E-state index contributed by atoms with van der Waals surface area (Å²) in [6.07, 6.45) is 53.2. The summed E-state index contributed by atoms with van der Waals surface area (Å²) >= 11 is 0. The molecule has 400 valence electrons. The van der Waals surface area contributed by atoms with Gasteiger partial charge in [0.05, 0.1) is 6.61 Å². The van der Waals surface area contributed by atoms with Crippen LogP contribution in [0.1, 0.15) is 194 Å².